The Morgan fingerprint density at radius 1 is 1.21 bits per heavy atom. The monoisotopic (exact) mass is 399 g/mol. The maximum absolute atomic E-state index is 10.7. The smallest absolute Gasteiger partial charge is 0.132 e. The molecule has 0 aliphatic carbocycles. The van der Waals surface area contributed by atoms with E-state index in [9.17, 15) is 9.90 Å². The number of halogens is 1. The highest BCUT2D eigenvalue weighted by Crippen LogP contribution is 2.30. The standard InChI is InChI=1S/C20H18ClN3O2.CH4O/c1-14(10-11-25)23-24-13-22-19(15-6-8-16(26)9-7-15)12-20(24)17-4-2-3-5-18(17)21;1-2/h2-9,11-12,26H,10,13H2,1H3;2H,1H3/b23-14+;. The molecule has 2 aromatic rings. The van der Waals surface area contributed by atoms with E-state index in [1.165, 1.54) is 0 Å². The predicted octanol–water partition coefficient (Wildman–Crippen LogP) is 3.72. The highest BCUT2D eigenvalue weighted by molar-refractivity contribution is 6.32. The number of hydrogen-bond acceptors (Lipinski definition) is 6. The van der Waals surface area contributed by atoms with Crippen LogP contribution in [0.15, 0.2) is 64.7 Å². The average Bonchev–Trinajstić information content (AvgIpc) is 2.71. The number of aldehydes is 1. The van der Waals surface area contributed by atoms with E-state index in [0.29, 0.717) is 17.4 Å². The van der Waals surface area contributed by atoms with E-state index in [1.807, 2.05) is 42.5 Å². The highest BCUT2D eigenvalue weighted by Gasteiger charge is 2.19. The van der Waals surface area contributed by atoms with Crippen LogP contribution in [0.3, 0.4) is 0 Å². The van der Waals surface area contributed by atoms with Gasteiger partial charge in [0, 0.05) is 35.4 Å². The fourth-order valence-corrected chi connectivity index (χ4v) is 2.85. The van der Waals surface area contributed by atoms with Crippen molar-refractivity contribution in [1.82, 2.24) is 5.01 Å². The van der Waals surface area contributed by atoms with Gasteiger partial charge in [-0.25, -0.2) is 5.01 Å². The molecule has 0 fully saturated rings. The molecule has 1 aliphatic heterocycles. The normalized spacial score (nSPS) is 13.9. The molecule has 1 heterocycles. The Balaban J connectivity index is 0.00000136. The van der Waals surface area contributed by atoms with Gasteiger partial charge in [0.15, 0.2) is 0 Å². The quantitative estimate of drug-likeness (QED) is 0.592. The molecule has 2 aromatic carbocycles. The number of aliphatic imine (C=N–C) groups is 1. The van der Waals surface area contributed by atoms with Crippen LogP contribution in [-0.4, -0.2) is 46.7 Å². The van der Waals surface area contributed by atoms with Crippen molar-refractivity contribution in [3.8, 4) is 5.75 Å². The SMILES string of the molecule is C/C(CC=O)=N\N1CN=C(c2ccc(O)cc2)C=C1c1ccccc1Cl.CO. The second-order valence-corrected chi connectivity index (χ2v) is 6.25. The molecule has 0 aromatic heterocycles. The summed E-state index contributed by atoms with van der Waals surface area (Å²) < 4.78 is 0. The van der Waals surface area contributed by atoms with Crippen LogP contribution in [0.2, 0.25) is 5.02 Å². The Kier molecular flexibility index (Phi) is 7.92. The molecular weight excluding hydrogens is 378 g/mol. The number of allylic oxidation sites excluding steroid dienone is 1. The lowest BCUT2D eigenvalue weighted by Crippen LogP contribution is -2.24. The fraction of sp³-hybridized carbons (Fsp3) is 0.190. The van der Waals surface area contributed by atoms with Crippen LogP contribution in [0.25, 0.3) is 5.70 Å². The molecule has 0 bridgehead atoms. The summed E-state index contributed by atoms with van der Waals surface area (Å²) in [6.07, 6.45) is 3.00. The molecule has 7 heteroatoms. The average molecular weight is 400 g/mol. The first kappa shape index (κ1) is 21.3. The number of rotatable bonds is 5. The molecule has 0 atom stereocenters. The van der Waals surface area contributed by atoms with Gasteiger partial charge < -0.3 is 15.0 Å². The zero-order valence-corrected chi connectivity index (χ0v) is 16.5. The van der Waals surface area contributed by atoms with E-state index in [1.54, 1.807) is 24.1 Å². The van der Waals surface area contributed by atoms with Crippen LogP contribution in [0.4, 0.5) is 0 Å². The first-order valence-corrected chi connectivity index (χ1v) is 8.96. The van der Waals surface area contributed by atoms with Crippen LogP contribution in [0.1, 0.15) is 24.5 Å². The van der Waals surface area contributed by atoms with Crippen molar-refractivity contribution in [2.75, 3.05) is 13.8 Å². The number of phenols is 1. The Labute approximate surface area is 169 Å². The third-order valence-corrected chi connectivity index (χ3v) is 4.24. The Morgan fingerprint density at radius 3 is 2.54 bits per heavy atom. The molecule has 0 radical (unpaired) electrons. The molecule has 0 saturated carbocycles. The van der Waals surface area contributed by atoms with Crippen molar-refractivity contribution in [2.24, 2.45) is 10.1 Å². The third kappa shape index (κ3) is 5.28. The Morgan fingerprint density at radius 2 is 1.89 bits per heavy atom. The van der Waals surface area contributed by atoms with E-state index in [2.05, 4.69) is 10.1 Å². The second kappa shape index (κ2) is 10.4. The summed E-state index contributed by atoms with van der Waals surface area (Å²) in [6, 6.07) is 14.4. The minimum atomic E-state index is 0.205. The highest BCUT2D eigenvalue weighted by atomic mass is 35.5. The molecule has 146 valence electrons. The number of aromatic hydroxyl groups is 1. The summed E-state index contributed by atoms with van der Waals surface area (Å²) in [5.74, 6) is 0.205. The molecule has 3 rings (SSSR count). The number of aliphatic hydroxyl groups is 1. The summed E-state index contributed by atoms with van der Waals surface area (Å²) in [5.41, 5.74) is 4.00. The summed E-state index contributed by atoms with van der Waals surface area (Å²) >= 11 is 6.39. The second-order valence-electron chi connectivity index (χ2n) is 5.85. The number of carbonyl (C=O) groups is 1. The van der Waals surface area contributed by atoms with Crippen LogP contribution >= 0.6 is 11.6 Å². The van der Waals surface area contributed by atoms with Crippen molar-refractivity contribution < 1.29 is 15.0 Å². The van der Waals surface area contributed by atoms with Crippen LogP contribution in [-0.2, 0) is 4.79 Å². The van der Waals surface area contributed by atoms with Crippen molar-refractivity contribution in [1.29, 1.82) is 0 Å². The number of nitrogens with zero attached hydrogens (tertiary/aromatic N) is 3. The van der Waals surface area contributed by atoms with E-state index in [-0.39, 0.29) is 12.2 Å². The molecule has 2 N–H and O–H groups in total. The van der Waals surface area contributed by atoms with Gasteiger partial charge in [-0.3, -0.25) is 4.99 Å². The largest absolute Gasteiger partial charge is 0.508 e. The van der Waals surface area contributed by atoms with E-state index in [4.69, 9.17) is 16.7 Å². The molecule has 1 aliphatic rings. The fourth-order valence-electron chi connectivity index (χ4n) is 2.61. The van der Waals surface area contributed by atoms with Gasteiger partial charge in [-0.15, -0.1) is 0 Å². The maximum Gasteiger partial charge on any atom is 0.132 e. The zero-order chi connectivity index (χ0) is 20.5. The molecule has 0 saturated heterocycles. The van der Waals surface area contributed by atoms with Crippen molar-refractivity contribution >= 4 is 35.0 Å². The summed E-state index contributed by atoms with van der Waals surface area (Å²) in [5, 5.41) is 23.3. The molecule has 0 amide bonds. The molecule has 6 nitrogen and oxygen atoms in total. The number of hydrogen-bond donors (Lipinski definition) is 2. The lowest BCUT2D eigenvalue weighted by atomic mass is 10.0. The minimum absolute atomic E-state index is 0.205. The molecule has 28 heavy (non-hydrogen) atoms. The number of hydrazone groups is 1. The van der Waals surface area contributed by atoms with Gasteiger partial charge in [0.05, 0.1) is 11.4 Å². The number of aliphatic hydroxyl groups excluding tert-OH is 1. The summed E-state index contributed by atoms with van der Waals surface area (Å²) in [7, 11) is 1.00. The molecule has 0 spiro atoms. The lowest BCUT2D eigenvalue weighted by Gasteiger charge is -2.26. The lowest BCUT2D eigenvalue weighted by molar-refractivity contribution is -0.106. The van der Waals surface area contributed by atoms with Gasteiger partial charge >= 0.3 is 0 Å². The first-order valence-electron chi connectivity index (χ1n) is 8.59. The summed E-state index contributed by atoms with van der Waals surface area (Å²) in [6.45, 7) is 2.11. The Hall–Kier alpha value is -2.96. The van der Waals surface area contributed by atoms with E-state index >= 15 is 0 Å². The summed E-state index contributed by atoms with van der Waals surface area (Å²) in [4.78, 5) is 15.3. The van der Waals surface area contributed by atoms with Crippen molar-refractivity contribution in [3.05, 3.63) is 70.8 Å². The molecule has 0 unspecified atom stereocenters. The van der Waals surface area contributed by atoms with Crippen molar-refractivity contribution in [2.45, 2.75) is 13.3 Å². The minimum Gasteiger partial charge on any atom is -0.508 e. The topological polar surface area (TPSA) is 85.5 Å². The van der Waals surface area contributed by atoms with E-state index < -0.39 is 0 Å². The predicted molar refractivity (Wildman–Crippen MR) is 113 cm³/mol. The van der Waals surface area contributed by atoms with Gasteiger partial charge in [-0.2, -0.15) is 5.10 Å². The van der Waals surface area contributed by atoms with Crippen LogP contribution in [0, 0.1) is 0 Å². The van der Waals surface area contributed by atoms with E-state index in [0.717, 1.165) is 35.9 Å². The van der Waals surface area contributed by atoms with Crippen LogP contribution < -0.4 is 0 Å². The Bertz CT molecular complexity index is 905. The first-order chi connectivity index (χ1) is 13.6. The number of carbonyl (C=O) groups excluding carboxylic acids is 1. The van der Waals surface area contributed by atoms with Gasteiger partial charge in [-0.05, 0) is 43.3 Å². The maximum atomic E-state index is 10.7. The van der Waals surface area contributed by atoms with Gasteiger partial charge in [0.2, 0.25) is 0 Å². The van der Waals surface area contributed by atoms with Gasteiger partial charge in [0.25, 0.3) is 0 Å². The zero-order valence-electron chi connectivity index (χ0n) is 15.7. The van der Waals surface area contributed by atoms with Crippen LogP contribution in [0.5, 0.6) is 5.75 Å². The van der Waals surface area contributed by atoms with Gasteiger partial charge in [-0.1, -0.05) is 29.8 Å². The van der Waals surface area contributed by atoms with Crippen molar-refractivity contribution in [3.63, 3.8) is 0 Å². The molecular formula is C21H22ClN3O3. The number of phenolic OH excluding ortho intramolecular Hbond substituents is 1. The van der Waals surface area contributed by atoms with Gasteiger partial charge in [0.1, 0.15) is 18.7 Å². The number of benzene rings is 2. The third-order valence-electron chi connectivity index (χ3n) is 3.91.